The molecule has 2 aromatic carbocycles. The Labute approximate surface area is 186 Å². The lowest BCUT2D eigenvalue weighted by molar-refractivity contribution is -0.118. The number of anilines is 2. The Morgan fingerprint density at radius 2 is 1.81 bits per heavy atom. The maximum absolute atomic E-state index is 13.3. The van der Waals surface area contributed by atoms with Gasteiger partial charge in [-0.25, -0.2) is 4.79 Å². The standard InChI is InChI=1S/C24H28N4O4/c1-17-7-6-10-18(15-17)11-12-20(29)28(16-19-8-4-3-5-9-19)21-22(25)27(13-14-32-2)24(31)26-23(21)30/h3-10,15H,11-14,16,25H2,1-2H3,(H,26,30,31). The zero-order valence-corrected chi connectivity index (χ0v) is 18.3. The molecule has 3 aromatic rings. The molecule has 0 unspecified atom stereocenters. The fourth-order valence-electron chi connectivity index (χ4n) is 3.55. The SMILES string of the molecule is COCCn1c(N)c(N(Cc2ccccc2)C(=O)CCc2cccc(C)c2)c(=O)[nH]c1=O. The van der Waals surface area contributed by atoms with Crippen molar-refractivity contribution < 1.29 is 9.53 Å². The summed E-state index contributed by atoms with van der Waals surface area (Å²) in [6.07, 6.45) is 0.708. The second-order valence-corrected chi connectivity index (χ2v) is 7.59. The number of aryl methyl sites for hydroxylation is 2. The summed E-state index contributed by atoms with van der Waals surface area (Å²) in [5, 5.41) is 0. The van der Waals surface area contributed by atoms with E-state index in [1.807, 2.05) is 61.5 Å². The average molecular weight is 437 g/mol. The lowest BCUT2D eigenvalue weighted by Gasteiger charge is -2.25. The molecule has 1 heterocycles. The van der Waals surface area contributed by atoms with Crippen LogP contribution < -0.4 is 21.9 Å². The molecule has 1 aromatic heterocycles. The van der Waals surface area contributed by atoms with Gasteiger partial charge in [-0.1, -0.05) is 60.2 Å². The Balaban J connectivity index is 1.98. The zero-order valence-electron chi connectivity index (χ0n) is 18.3. The molecule has 8 heteroatoms. The number of nitrogens with one attached hydrogen (secondary N) is 1. The van der Waals surface area contributed by atoms with E-state index in [4.69, 9.17) is 10.5 Å². The number of carbonyl (C=O) groups excluding carboxylic acids is 1. The van der Waals surface area contributed by atoms with Crippen LogP contribution in [0.4, 0.5) is 11.5 Å². The van der Waals surface area contributed by atoms with Crippen LogP contribution in [-0.4, -0.2) is 29.2 Å². The van der Waals surface area contributed by atoms with Crippen LogP contribution in [0.3, 0.4) is 0 Å². The Morgan fingerprint density at radius 1 is 1.09 bits per heavy atom. The maximum Gasteiger partial charge on any atom is 0.330 e. The van der Waals surface area contributed by atoms with Crippen molar-refractivity contribution in [1.29, 1.82) is 0 Å². The summed E-state index contributed by atoms with van der Waals surface area (Å²) in [7, 11) is 1.50. The number of nitrogens with two attached hydrogens (primary N) is 1. The van der Waals surface area contributed by atoms with Crippen LogP contribution in [0.1, 0.15) is 23.1 Å². The second-order valence-electron chi connectivity index (χ2n) is 7.59. The Kier molecular flexibility index (Phi) is 7.62. The molecule has 0 bridgehead atoms. The highest BCUT2D eigenvalue weighted by molar-refractivity contribution is 5.95. The second kappa shape index (κ2) is 10.6. The molecule has 0 spiro atoms. The smallest absolute Gasteiger partial charge is 0.330 e. The first kappa shape index (κ1) is 23.0. The highest BCUT2D eigenvalue weighted by Gasteiger charge is 2.24. The van der Waals surface area contributed by atoms with E-state index in [0.29, 0.717) is 6.42 Å². The molecule has 32 heavy (non-hydrogen) atoms. The lowest BCUT2D eigenvalue weighted by atomic mass is 10.1. The number of benzene rings is 2. The third-order valence-electron chi connectivity index (χ3n) is 5.20. The third-order valence-corrected chi connectivity index (χ3v) is 5.20. The van der Waals surface area contributed by atoms with Gasteiger partial charge in [0.05, 0.1) is 19.7 Å². The minimum absolute atomic E-state index is 0.0289. The van der Waals surface area contributed by atoms with Gasteiger partial charge in [-0.15, -0.1) is 0 Å². The quantitative estimate of drug-likeness (QED) is 0.535. The van der Waals surface area contributed by atoms with Gasteiger partial charge < -0.3 is 15.4 Å². The summed E-state index contributed by atoms with van der Waals surface area (Å²) in [6.45, 7) is 2.54. The zero-order chi connectivity index (χ0) is 23.1. The molecule has 0 aliphatic rings. The van der Waals surface area contributed by atoms with Gasteiger partial charge in [0.1, 0.15) is 5.82 Å². The van der Waals surface area contributed by atoms with Gasteiger partial charge in [0.25, 0.3) is 5.56 Å². The van der Waals surface area contributed by atoms with Crippen LogP contribution in [0.25, 0.3) is 0 Å². The lowest BCUT2D eigenvalue weighted by Crippen LogP contribution is -2.41. The van der Waals surface area contributed by atoms with Crippen LogP contribution in [0.2, 0.25) is 0 Å². The van der Waals surface area contributed by atoms with E-state index in [1.165, 1.54) is 16.6 Å². The Bertz CT molecular complexity index is 1180. The Hall–Kier alpha value is -3.65. The molecule has 3 rings (SSSR count). The summed E-state index contributed by atoms with van der Waals surface area (Å²) in [4.78, 5) is 42.0. The summed E-state index contributed by atoms with van der Waals surface area (Å²) in [5.41, 5.74) is 7.86. The fraction of sp³-hybridized carbons (Fsp3) is 0.292. The number of ether oxygens (including phenoxy) is 1. The number of methoxy groups -OCH3 is 1. The third kappa shape index (κ3) is 5.53. The first-order valence-electron chi connectivity index (χ1n) is 10.4. The van der Waals surface area contributed by atoms with Gasteiger partial charge in [-0.2, -0.15) is 0 Å². The van der Waals surface area contributed by atoms with Gasteiger partial charge in [-0.05, 0) is 24.5 Å². The number of amides is 1. The minimum atomic E-state index is -0.694. The van der Waals surface area contributed by atoms with E-state index in [-0.39, 0.29) is 43.5 Å². The number of rotatable bonds is 9. The van der Waals surface area contributed by atoms with Crippen molar-refractivity contribution in [3.05, 3.63) is 92.1 Å². The number of hydrogen-bond donors (Lipinski definition) is 2. The summed E-state index contributed by atoms with van der Waals surface area (Å²) < 4.78 is 6.25. The van der Waals surface area contributed by atoms with Gasteiger partial charge in [0.2, 0.25) is 5.91 Å². The number of nitrogens with zero attached hydrogens (tertiary/aromatic N) is 2. The fourth-order valence-corrected chi connectivity index (χ4v) is 3.55. The van der Waals surface area contributed by atoms with Gasteiger partial charge in [-0.3, -0.25) is 19.1 Å². The Morgan fingerprint density at radius 3 is 2.50 bits per heavy atom. The van der Waals surface area contributed by atoms with Crippen molar-refractivity contribution in [2.24, 2.45) is 0 Å². The molecule has 3 N–H and O–H groups in total. The van der Waals surface area contributed by atoms with E-state index in [1.54, 1.807) is 0 Å². The topological polar surface area (TPSA) is 110 Å². The van der Waals surface area contributed by atoms with E-state index >= 15 is 0 Å². The normalized spacial score (nSPS) is 10.8. The summed E-state index contributed by atoms with van der Waals surface area (Å²) >= 11 is 0. The molecular formula is C24H28N4O4. The van der Waals surface area contributed by atoms with Crippen molar-refractivity contribution in [1.82, 2.24) is 9.55 Å². The van der Waals surface area contributed by atoms with E-state index in [2.05, 4.69) is 4.98 Å². The molecule has 1 amide bonds. The molecule has 0 saturated carbocycles. The number of aromatic amines is 1. The average Bonchev–Trinajstić information content (AvgIpc) is 2.77. The number of hydrogen-bond acceptors (Lipinski definition) is 5. The molecule has 0 aliphatic heterocycles. The van der Waals surface area contributed by atoms with Crippen LogP contribution in [-0.2, 0) is 29.0 Å². The first-order valence-corrected chi connectivity index (χ1v) is 10.4. The molecular weight excluding hydrogens is 408 g/mol. The number of nitrogen functional groups attached to an aromatic ring is 1. The molecule has 0 saturated heterocycles. The van der Waals surface area contributed by atoms with Crippen molar-refractivity contribution in [2.75, 3.05) is 24.4 Å². The van der Waals surface area contributed by atoms with Gasteiger partial charge >= 0.3 is 5.69 Å². The largest absolute Gasteiger partial charge is 0.383 e. The van der Waals surface area contributed by atoms with Crippen molar-refractivity contribution >= 4 is 17.4 Å². The number of H-pyrrole nitrogens is 1. The van der Waals surface area contributed by atoms with E-state index < -0.39 is 11.2 Å². The molecule has 168 valence electrons. The van der Waals surface area contributed by atoms with Crippen LogP contribution >= 0.6 is 0 Å². The molecule has 0 atom stereocenters. The van der Waals surface area contributed by atoms with Gasteiger partial charge in [0.15, 0.2) is 5.69 Å². The molecule has 8 nitrogen and oxygen atoms in total. The maximum atomic E-state index is 13.3. The minimum Gasteiger partial charge on any atom is -0.383 e. The molecule has 0 fully saturated rings. The first-order chi connectivity index (χ1) is 15.4. The highest BCUT2D eigenvalue weighted by atomic mass is 16.5. The van der Waals surface area contributed by atoms with Crippen molar-refractivity contribution in [3.63, 3.8) is 0 Å². The number of carbonyl (C=O) groups is 1. The van der Waals surface area contributed by atoms with E-state index in [9.17, 15) is 14.4 Å². The summed E-state index contributed by atoms with van der Waals surface area (Å²) in [5.74, 6) is -0.319. The molecule has 0 radical (unpaired) electrons. The number of aromatic nitrogens is 2. The van der Waals surface area contributed by atoms with Crippen LogP contribution in [0, 0.1) is 6.92 Å². The van der Waals surface area contributed by atoms with Crippen LogP contribution in [0.15, 0.2) is 64.2 Å². The predicted octanol–water partition coefficient (Wildman–Crippen LogP) is 2.24. The predicted molar refractivity (Wildman–Crippen MR) is 125 cm³/mol. The van der Waals surface area contributed by atoms with Crippen LogP contribution in [0.5, 0.6) is 0 Å². The highest BCUT2D eigenvalue weighted by Crippen LogP contribution is 2.21. The van der Waals surface area contributed by atoms with Gasteiger partial charge in [0, 0.05) is 13.5 Å². The van der Waals surface area contributed by atoms with Crippen molar-refractivity contribution in [3.8, 4) is 0 Å². The summed E-state index contributed by atoms with van der Waals surface area (Å²) in [6, 6.07) is 17.3. The monoisotopic (exact) mass is 436 g/mol. The molecule has 0 aliphatic carbocycles. The van der Waals surface area contributed by atoms with Crippen molar-refractivity contribution in [2.45, 2.75) is 32.9 Å². The van der Waals surface area contributed by atoms with E-state index in [0.717, 1.165) is 16.7 Å².